The van der Waals surface area contributed by atoms with E-state index in [1.165, 1.54) is 10.4 Å². The molecule has 0 saturated heterocycles. The maximum Gasteiger partial charge on any atom is 0.0738 e. The molecular formula is C6H10NPS. The first-order valence-corrected chi connectivity index (χ1v) is 4.31. The molecule has 1 unspecified atom stereocenters. The molecule has 1 rings (SSSR count). The topological polar surface area (TPSA) is 12.9 Å². The lowest BCUT2D eigenvalue weighted by atomic mass is 10.3. The van der Waals surface area contributed by atoms with Crippen LogP contribution in [-0.2, 0) is 6.42 Å². The quantitative estimate of drug-likeness (QED) is 0.566. The number of hydrogen-bond donors (Lipinski definition) is 0. The number of hydrogen-bond acceptors (Lipinski definition) is 2. The average molecular weight is 159 g/mol. The van der Waals surface area contributed by atoms with Gasteiger partial charge in [-0.3, -0.25) is 0 Å². The summed E-state index contributed by atoms with van der Waals surface area (Å²) >= 11 is 1.61. The van der Waals surface area contributed by atoms with Crippen molar-refractivity contribution in [3.63, 3.8) is 0 Å². The first kappa shape index (κ1) is 7.17. The van der Waals surface area contributed by atoms with Crippen LogP contribution >= 0.6 is 20.8 Å². The molecule has 0 bridgehead atoms. The Balaban J connectivity index is 3.04. The smallest absolute Gasteiger partial charge is 0.0738 e. The van der Waals surface area contributed by atoms with Crippen LogP contribution in [0.15, 0.2) is 0 Å². The van der Waals surface area contributed by atoms with Gasteiger partial charge in [-0.2, -0.15) is 4.37 Å². The van der Waals surface area contributed by atoms with Gasteiger partial charge in [-0.25, -0.2) is 0 Å². The molecule has 0 radical (unpaired) electrons. The van der Waals surface area contributed by atoms with Crippen LogP contribution in [-0.4, -0.2) is 4.37 Å². The fourth-order valence-electron chi connectivity index (χ4n) is 0.714. The van der Waals surface area contributed by atoms with Crippen molar-refractivity contribution in [2.75, 3.05) is 0 Å². The Morgan fingerprint density at radius 2 is 2.33 bits per heavy atom. The van der Waals surface area contributed by atoms with Gasteiger partial charge in [0.05, 0.1) is 5.44 Å². The molecule has 1 heterocycles. The predicted octanol–water partition coefficient (Wildman–Crippen LogP) is 1.51. The lowest BCUT2D eigenvalue weighted by Crippen LogP contribution is -1.93. The van der Waals surface area contributed by atoms with Gasteiger partial charge in [0.1, 0.15) is 0 Å². The molecule has 0 fully saturated rings. The molecule has 9 heavy (non-hydrogen) atoms. The summed E-state index contributed by atoms with van der Waals surface area (Å²) < 4.78 is 4.19. The highest BCUT2D eigenvalue weighted by Gasteiger charge is 2.01. The van der Waals surface area contributed by atoms with Gasteiger partial charge in [-0.05, 0) is 30.4 Å². The van der Waals surface area contributed by atoms with E-state index in [2.05, 4.69) is 27.5 Å². The van der Waals surface area contributed by atoms with Crippen molar-refractivity contribution < 1.29 is 0 Å². The van der Waals surface area contributed by atoms with Gasteiger partial charge < -0.3 is 0 Å². The summed E-state index contributed by atoms with van der Waals surface area (Å²) in [6.07, 6.45) is 1.11. The van der Waals surface area contributed by atoms with Crippen molar-refractivity contribution in [1.29, 1.82) is 0 Å². The van der Waals surface area contributed by atoms with Crippen LogP contribution in [0.3, 0.4) is 0 Å². The molecule has 0 aliphatic rings. The Hall–Kier alpha value is 0.0600. The summed E-state index contributed by atoms with van der Waals surface area (Å²) in [4.78, 5) is 1.40. The second kappa shape index (κ2) is 2.76. The zero-order valence-corrected chi connectivity index (χ0v) is 7.61. The van der Waals surface area contributed by atoms with Crippen LogP contribution in [0.5, 0.6) is 0 Å². The van der Waals surface area contributed by atoms with E-state index in [0.717, 1.165) is 11.9 Å². The molecule has 3 heteroatoms. The van der Waals surface area contributed by atoms with E-state index in [0.29, 0.717) is 0 Å². The van der Waals surface area contributed by atoms with Crippen molar-refractivity contribution in [2.24, 2.45) is 0 Å². The Kier molecular flexibility index (Phi) is 2.20. The minimum absolute atomic E-state index is 1.11. The van der Waals surface area contributed by atoms with Gasteiger partial charge in [0.2, 0.25) is 0 Å². The van der Waals surface area contributed by atoms with Crippen molar-refractivity contribution in [1.82, 2.24) is 4.37 Å². The van der Waals surface area contributed by atoms with E-state index in [1.807, 2.05) is 0 Å². The van der Waals surface area contributed by atoms with Gasteiger partial charge in [0.25, 0.3) is 0 Å². The van der Waals surface area contributed by atoms with Gasteiger partial charge in [-0.1, -0.05) is 16.2 Å². The monoisotopic (exact) mass is 159 g/mol. The average Bonchev–Trinajstić information content (AvgIpc) is 2.15. The lowest BCUT2D eigenvalue weighted by Gasteiger charge is -1.88. The maximum atomic E-state index is 4.19. The number of aryl methyl sites for hydroxylation is 1. The second-order valence-electron chi connectivity index (χ2n) is 1.97. The third-order valence-electron chi connectivity index (χ3n) is 1.38. The largest absolute Gasteiger partial charge is 0.193 e. The van der Waals surface area contributed by atoms with Crippen LogP contribution in [0.2, 0.25) is 0 Å². The number of rotatable bonds is 1. The minimum Gasteiger partial charge on any atom is -0.193 e. The van der Waals surface area contributed by atoms with E-state index in [-0.39, 0.29) is 0 Å². The lowest BCUT2D eigenvalue weighted by molar-refractivity contribution is 1.16. The Bertz CT molecular complexity index is 207. The SMILES string of the molecule is CCc1snc(P)c1C. The first-order valence-electron chi connectivity index (χ1n) is 2.96. The Morgan fingerprint density at radius 3 is 2.56 bits per heavy atom. The van der Waals surface area contributed by atoms with E-state index in [1.54, 1.807) is 11.5 Å². The summed E-state index contributed by atoms with van der Waals surface area (Å²) in [7, 11) is 2.64. The molecule has 50 valence electrons. The maximum absolute atomic E-state index is 4.19. The normalized spacial score (nSPS) is 10.1. The Morgan fingerprint density at radius 1 is 1.67 bits per heavy atom. The van der Waals surface area contributed by atoms with Crippen molar-refractivity contribution in [3.05, 3.63) is 10.4 Å². The summed E-state index contributed by atoms with van der Waals surface area (Å²) in [5.41, 5.74) is 2.45. The van der Waals surface area contributed by atoms with E-state index in [4.69, 9.17) is 0 Å². The predicted molar refractivity (Wildman–Crippen MR) is 45.6 cm³/mol. The van der Waals surface area contributed by atoms with Gasteiger partial charge in [0, 0.05) is 4.88 Å². The van der Waals surface area contributed by atoms with Gasteiger partial charge >= 0.3 is 0 Å². The van der Waals surface area contributed by atoms with Crippen LogP contribution in [0, 0.1) is 6.92 Å². The fourth-order valence-corrected chi connectivity index (χ4v) is 1.87. The van der Waals surface area contributed by atoms with E-state index in [9.17, 15) is 0 Å². The summed E-state index contributed by atoms with van der Waals surface area (Å²) in [5, 5.41) is 0. The molecule has 0 spiro atoms. The van der Waals surface area contributed by atoms with Crippen LogP contribution in [0.4, 0.5) is 0 Å². The highest BCUT2D eigenvalue weighted by Crippen LogP contribution is 2.12. The summed E-state index contributed by atoms with van der Waals surface area (Å²) in [5.74, 6) is 0. The van der Waals surface area contributed by atoms with Crippen LogP contribution < -0.4 is 5.44 Å². The highest BCUT2D eigenvalue weighted by molar-refractivity contribution is 7.28. The van der Waals surface area contributed by atoms with Crippen LogP contribution in [0.25, 0.3) is 0 Å². The number of aromatic nitrogens is 1. The third kappa shape index (κ3) is 1.31. The standard InChI is InChI=1S/C6H10NPS/c1-3-5-4(2)6(8)7-9-5/h3,8H2,1-2H3. The first-order chi connectivity index (χ1) is 4.25. The summed E-state index contributed by atoms with van der Waals surface area (Å²) in [6.45, 7) is 4.27. The van der Waals surface area contributed by atoms with Crippen LogP contribution in [0.1, 0.15) is 17.4 Å². The molecule has 0 aromatic carbocycles. The fraction of sp³-hybridized carbons (Fsp3) is 0.500. The zero-order chi connectivity index (χ0) is 6.85. The highest BCUT2D eigenvalue weighted by atomic mass is 32.1. The number of nitrogens with zero attached hydrogens (tertiary/aromatic N) is 1. The van der Waals surface area contributed by atoms with Crippen molar-refractivity contribution in [3.8, 4) is 0 Å². The molecule has 0 amide bonds. The van der Waals surface area contributed by atoms with E-state index < -0.39 is 0 Å². The molecule has 1 aromatic rings. The van der Waals surface area contributed by atoms with Crippen molar-refractivity contribution >= 4 is 26.2 Å². The Labute approximate surface area is 61.9 Å². The molecule has 1 atom stereocenters. The summed E-state index contributed by atoms with van der Waals surface area (Å²) in [6, 6.07) is 0. The minimum atomic E-state index is 1.11. The molecular weight excluding hydrogens is 149 g/mol. The molecule has 0 N–H and O–H groups in total. The molecule has 0 saturated carbocycles. The molecule has 1 aromatic heterocycles. The second-order valence-corrected chi connectivity index (χ2v) is 3.37. The van der Waals surface area contributed by atoms with Crippen molar-refractivity contribution in [2.45, 2.75) is 20.3 Å². The molecule has 1 nitrogen and oxygen atoms in total. The molecule has 0 aliphatic heterocycles. The zero-order valence-electron chi connectivity index (χ0n) is 5.64. The van der Waals surface area contributed by atoms with Gasteiger partial charge in [-0.15, -0.1) is 0 Å². The third-order valence-corrected chi connectivity index (χ3v) is 3.23. The molecule has 0 aliphatic carbocycles. The van der Waals surface area contributed by atoms with Gasteiger partial charge in [0.15, 0.2) is 0 Å². The van der Waals surface area contributed by atoms with E-state index >= 15 is 0 Å².